The van der Waals surface area contributed by atoms with E-state index >= 15 is 0 Å². The molecule has 4 bridgehead atoms. The number of alkyl halides is 6. The Bertz CT molecular complexity index is 1500. The summed E-state index contributed by atoms with van der Waals surface area (Å²) in [5, 5.41) is 0.561. The molecule has 7 rings (SSSR count). The van der Waals surface area contributed by atoms with Crippen LogP contribution in [-0.2, 0) is 17.1 Å². The van der Waals surface area contributed by atoms with Crippen molar-refractivity contribution in [3.63, 3.8) is 0 Å². The number of hydrogen-bond donors (Lipinski definition) is 0. The number of halogens is 8. The predicted molar refractivity (Wildman–Crippen MR) is 163 cm³/mol. The Morgan fingerprint density at radius 2 is 1.52 bits per heavy atom. The molecule has 0 radical (unpaired) electrons. The number of likely N-dealkylation sites (N-methyl/N-ethyl adjacent to an activating group) is 1. The zero-order chi connectivity index (χ0) is 33.4. The van der Waals surface area contributed by atoms with Gasteiger partial charge in [0.15, 0.2) is 0 Å². The minimum Gasteiger partial charge on any atom is -0.341 e. The monoisotopic (exact) mass is 688 g/mol. The van der Waals surface area contributed by atoms with E-state index in [1.54, 1.807) is 18.2 Å². The van der Waals surface area contributed by atoms with E-state index in [9.17, 15) is 35.9 Å². The van der Waals surface area contributed by atoms with Crippen LogP contribution in [0.2, 0.25) is 10.0 Å². The molecule has 4 aliphatic carbocycles. The topological polar surface area (TPSA) is 40.6 Å². The lowest BCUT2D eigenvalue weighted by Gasteiger charge is -2.62. The molecular formula is C34H36Cl2F6N2O2. The van der Waals surface area contributed by atoms with E-state index in [1.807, 2.05) is 4.90 Å². The van der Waals surface area contributed by atoms with Gasteiger partial charge < -0.3 is 9.80 Å². The number of rotatable bonds is 5. The molecule has 1 aliphatic heterocycles. The van der Waals surface area contributed by atoms with Crippen molar-refractivity contribution in [2.45, 2.75) is 82.6 Å². The van der Waals surface area contributed by atoms with Gasteiger partial charge in [0.1, 0.15) is 0 Å². The van der Waals surface area contributed by atoms with Crippen LogP contribution >= 0.6 is 23.2 Å². The lowest BCUT2D eigenvalue weighted by atomic mass is 9.43. The second-order valence-corrected chi connectivity index (χ2v) is 15.0. The van der Waals surface area contributed by atoms with E-state index in [4.69, 9.17) is 23.2 Å². The zero-order valence-corrected chi connectivity index (χ0v) is 27.1. The molecule has 4 nitrogen and oxygen atoms in total. The van der Waals surface area contributed by atoms with Crippen LogP contribution in [0.25, 0.3) is 0 Å². The number of nitrogens with zero attached hydrogens (tertiary/aromatic N) is 2. The van der Waals surface area contributed by atoms with Gasteiger partial charge in [0.25, 0.3) is 5.91 Å². The van der Waals surface area contributed by atoms with E-state index in [2.05, 4.69) is 6.92 Å². The van der Waals surface area contributed by atoms with Gasteiger partial charge in [0, 0.05) is 37.7 Å². The Hall–Kier alpha value is -2.46. The number of likely N-dealkylation sites (tertiary alicyclic amines) is 1. The summed E-state index contributed by atoms with van der Waals surface area (Å²) in [5.74, 6) is -0.303. The molecule has 2 unspecified atom stereocenters. The first-order valence-electron chi connectivity index (χ1n) is 15.7. The average Bonchev–Trinajstić information content (AvgIpc) is 2.99. The molecule has 5 aliphatic rings. The number of carbonyl (C=O) groups excluding carboxylic acids is 2. The van der Waals surface area contributed by atoms with Crippen LogP contribution in [0.3, 0.4) is 0 Å². The molecule has 12 heteroatoms. The summed E-state index contributed by atoms with van der Waals surface area (Å²) in [7, 11) is 1.38. The lowest BCUT2D eigenvalue weighted by molar-refractivity contribution is -0.170. The Balaban J connectivity index is 1.32. The summed E-state index contributed by atoms with van der Waals surface area (Å²) in [6, 6.07) is 5.26. The van der Waals surface area contributed by atoms with Gasteiger partial charge in [-0.3, -0.25) is 9.59 Å². The number of benzene rings is 2. The fraction of sp³-hybridized carbons (Fsp3) is 0.588. The molecule has 2 amide bonds. The first-order chi connectivity index (χ1) is 21.4. The van der Waals surface area contributed by atoms with Gasteiger partial charge in [-0.05, 0) is 98.1 Å². The van der Waals surface area contributed by atoms with Crippen LogP contribution in [0.4, 0.5) is 26.3 Å². The van der Waals surface area contributed by atoms with Gasteiger partial charge in [-0.1, -0.05) is 42.6 Å². The quantitative estimate of drug-likeness (QED) is 0.294. The standard InChI is InChI=1S/C34H36Cl2F6N2O2/c1-3-31-13-19-8-20(14-31)16-32(15-19,18-31)30(46)44-7-6-28(25(17-44)21-4-5-26(35)27(36)11-21)43(2)29(45)22-9-23(33(37,38)39)12-24(10-22)34(40,41)42/h4-5,9-12,19-20,25,28H,3,6-8,13-18H2,1-2H3/t19?,20?,25-,28+,31?,32?/m0/s1. The predicted octanol–water partition coefficient (Wildman–Crippen LogP) is 9.48. The maximum absolute atomic E-state index is 14.5. The van der Waals surface area contributed by atoms with Crippen LogP contribution in [0.15, 0.2) is 36.4 Å². The maximum atomic E-state index is 14.5. The highest BCUT2D eigenvalue weighted by molar-refractivity contribution is 6.42. The molecule has 0 aromatic heterocycles. The van der Waals surface area contributed by atoms with Crippen molar-refractivity contribution >= 4 is 35.0 Å². The van der Waals surface area contributed by atoms with Crippen molar-refractivity contribution in [2.75, 3.05) is 20.1 Å². The number of carbonyl (C=O) groups is 2. The molecule has 250 valence electrons. The summed E-state index contributed by atoms with van der Waals surface area (Å²) < 4.78 is 81.5. The Kier molecular flexibility index (Phi) is 8.44. The van der Waals surface area contributed by atoms with E-state index < -0.39 is 52.3 Å². The molecule has 46 heavy (non-hydrogen) atoms. The summed E-state index contributed by atoms with van der Waals surface area (Å²) >= 11 is 12.6. The van der Waals surface area contributed by atoms with Gasteiger partial charge in [-0.25, -0.2) is 0 Å². The van der Waals surface area contributed by atoms with E-state index in [1.165, 1.54) is 31.2 Å². The SMILES string of the molecule is CCC12CC3CC(C1)CC(C(=O)N1CC[C@@H](N(C)C(=O)c4cc(C(F)(F)F)cc(C(F)(F)F)c4)[C@H](c4ccc(Cl)c(Cl)c4)C1)(C3)C2. The van der Waals surface area contributed by atoms with Gasteiger partial charge in [-0.15, -0.1) is 0 Å². The molecular weight excluding hydrogens is 653 g/mol. The number of piperidine rings is 1. The van der Waals surface area contributed by atoms with Gasteiger partial charge >= 0.3 is 12.4 Å². The zero-order valence-electron chi connectivity index (χ0n) is 25.6. The Morgan fingerprint density at radius 3 is 2.07 bits per heavy atom. The fourth-order valence-electron chi connectivity index (χ4n) is 9.54. The highest BCUT2D eigenvalue weighted by Gasteiger charge is 2.61. The minimum absolute atomic E-state index is 0.00646. The average molecular weight is 690 g/mol. The van der Waals surface area contributed by atoms with Crippen molar-refractivity contribution in [1.29, 1.82) is 0 Å². The van der Waals surface area contributed by atoms with Crippen molar-refractivity contribution in [3.8, 4) is 0 Å². The third-order valence-corrected chi connectivity index (χ3v) is 12.0. The first-order valence-corrected chi connectivity index (χ1v) is 16.5. The van der Waals surface area contributed by atoms with E-state index in [0.717, 1.165) is 25.7 Å². The Morgan fingerprint density at radius 1 is 0.913 bits per heavy atom. The molecule has 0 N–H and O–H groups in total. The summed E-state index contributed by atoms with van der Waals surface area (Å²) in [5.41, 5.74) is -3.39. The molecule has 5 fully saturated rings. The molecule has 2 aromatic rings. The highest BCUT2D eigenvalue weighted by atomic mass is 35.5. The highest BCUT2D eigenvalue weighted by Crippen LogP contribution is 2.66. The third kappa shape index (κ3) is 6.01. The molecule has 1 saturated heterocycles. The van der Waals surface area contributed by atoms with Crippen LogP contribution in [0.1, 0.15) is 91.3 Å². The lowest BCUT2D eigenvalue weighted by Crippen LogP contribution is -2.60. The second kappa shape index (κ2) is 11.6. The first kappa shape index (κ1) is 33.4. The van der Waals surface area contributed by atoms with Crippen molar-refractivity contribution < 1.29 is 35.9 Å². The number of hydrogen-bond acceptors (Lipinski definition) is 2. The minimum atomic E-state index is -5.09. The molecule has 2 aromatic carbocycles. The van der Waals surface area contributed by atoms with Gasteiger partial charge in [-0.2, -0.15) is 26.3 Å². The second-order valence-electron chi connectivity index (χ2n) is 14.2. The van der Waals surface area contributed by atoms with E-state index in [-0.39, 0.29) is 35.4 Å². The van der Waals surface area contributed by atoms with Gasteiger partial charge in [0.05, 0.1) is 26.6 Å². The molecule has 4 saturated carbocycles. The van der Waals surface area contributed by atoms with Crippen LogP contribution in [-0.4, -0.2) is 47.8 Å². The number of amides is 2. The summed E-state index contributed by atoms with van der Waals surface area (Å²) in [6.07, 6.45) is -2.73. The Labute approximate surface area is 274 Å². The van der Waals surface area contributed by atoms with Crippen molar-refractivity contribution in [1.82, 2.24) is 9.80 Å². The van der Waals surface area contributed by atoms with E-state index in [0.29, 0.717) is 41.1 Å². The van der Waals surface area contributed by atoms with Crippen molar-refractivity contribution in [2.24, 2.45) is 22.7 Å². The summed E-state index contributed by atoms with van der Waals surface area (Å²) in [4.78, 5) is 31.2. The van der Waals surface area contributed by atoms with Gasteiger partial charge in [0.2, 0.25) is 5.91 Å². The summed E-state index contributed by atoms with van der Waals surface area (Å²) in [6.45, 7) is 2.75. The van der Waals surface area contributed by atoms with Crippen LogP contribution in [0, 0.1) is 22.7 Å². The molecule has 1 heterocycles. The normalized spacial score (nSPS) is 30.9. The largest absolute Gasteiger partial charge is 0.416 e. The maximum Gasteiger partial charge on any atom is 0.416 e. The van der Waals surface area contributed by atoms with Crippen LogP contribution in [0.5, 0.6) is 0 Å². The van der Waals surface area contributed by atoms with Crippen LogP contribution < -0.4 is 0 Å². The fourth-order valence-corrected chi connectivity index (χ4v) is 9.85. The smallest absolute Gasteiger partial charge is 0.341 e. The third-order valence-electron chi connectivity index (χ3n) is 11.3. The molecule has 0 spiro atoms. The molecule has 4 atom stereocenters. The van der Waals surface area contributed by atoms with Crippen molar-refractivity contribution in [3.05, 3.63) is 68.7 Å².